The number of hydrogen-bond acceptors (Lipinski definition) is 4. The van der Waals surface area contributed by atoms with Crippen LogP contribution in [-0.4, -0.2) is 28.9 Å². The van der Waals surface area contributed by atoms with Crippen molar-refractivity contribution >= 4 is 38.9 Å². The molecule has 0 atom stereocenters. The molecule has 204 valence electrons. The SMILES string of the molecule is CCC1CCC(N(Cc2cc(-c3ccnc(F)c3)ccc2OC)C(=O)c2sc3c(F)ccc(C)c3c2Cl)CC1. The molecule has 2 heterocycles. The topological polar surface area (TPSA) is 42.4 Å². The molecule has 0 unspecified atom stereocenters. The average Bonchev–Trinajstić information content (AvgIpc) is 3.31. The minimum absolute atomic E-state index is 0.0132. The lowest BCUT2D eigenvalue weighted by atomic mass is 9.83. The van der Waals surface area contributed by atoms with Gasteiger partial charge in [0.25, 0.3) is 5.91 Å². The second-order valence-electron chi connectivity index (χ2n) is 10.2. The minimum Gasteiger partial charge on any atom is -0.496 e. The molecule has 39 heavy (non-hydrogen) atoms. The van der Waals surface area contributed by atoms with Gasteiger partial charge in [0.05, 0.1) is 16.8 Å². The number of hydrogen-bond donors (Lipinski definition) is 0. The summed E-state index contributed by atoms with van der Waals surface area (Å²) in [5.41, 5.74) is 3.12. The Balaban J connectivity index is 1.56. The molecule has 5 rings (SSSR count). The van der Waals surface area contributed by atoms with Crippen molar-refractivity contribution in [2.24, 2.45) is 5.92 Å². The highest BCUT2D eigenvalue weighted by atomic mass is 35.5. The lowest BCUT2D eigenvalue weighted by molar-refractivity contribution is 0.0591. The van der Waals surface area contributed by atoms with E-state index in [0.29, 0.717) is 37.2 Å². The molecule has 2 aromatic heterocycles. The van der Waals surface area contributed by atoms with Gasteiger partial charge in [0.15, 0.2) is 0 Å². The van der Waals surface area contributed by atoms with E-state index in [1.165, 1.54) is 18.3 Å². The summed E-state index contributed by atoms with van der Waals surface area (Å²) in [6, 6.07) is 11.9. The van der Waals surface area contributed by atoms with E-state index >= 15 is 0 Å². The van der Waals surface area contributed by atoms with Crippen LogP contribution in [0.4, 0.5) is 8.78 Å². The number of carbonyl (C=O) groups excluding carboxylic acids is 1. The second kappa shape index (κ2) is 11.6. The molecule has 0 radical (unpaired) electrons. The van der Waals surface area contributed by atoms with Gasteiger partial charge >= 0.3 is 0 Å². The van der Waals surface area contributed by atoms with E-state index in [9.17, 15) is 13.6 Å². The van der Waals surface area contributed by atoms with Crippen molar-refractivity contribution in [1.29, 1.82) is 0 Å². The summed E-state index contributed by atoms with van der Waals surface area (Å²) in [6.07, 6.45) is 6.43. The average molecular weight is 569 g/mol. The standard InChI is InChI=1S/C31H31ClF2N2O2S/c1-4-19-6-9-23(10-7-19)36(31(37)30-28(32)27-18(2)5-11-24(33)29(27)39-30)17-22-15-20(8-12-25(22)38-3)21-13-14-35-26(34)16-21/h5,8,11-16,19,23H,4,6-7,9-10,17H2,1-3H3. The van der Waals surface area contributed by atoms with Crippen LogP contribution in [-0.2, 0) is 6.54 Å². The molecular formula is C31H31ClF2N2O2S. The van der Waals surface area contributed by atoms with Gasteiger partial charge in [0.1, 0.15) is 16.4 Å². The van der Waals surface area contributed by atoms with Gasteiger partial charge in [-0.1, -0.05) is 37.1 Å². The van der Waals surface area contributed by atoms with E-state index in [2.05, 4.69) is 11.9 Å². The minimum atomic E-state index is -0.559. The molecular weight excluding hydrogens is 538 g/mol. The van der Waals surface area contributed by atoms with Crippen LogP contribution in [0.15, 0.2) is 48.7 Å². The zero-order chi connectivity index (χ0) is 27.7. The largest absolute Gasteiger partial charge is 0.496 e. The van der Waals surface area contributed by atoms with Crippen LogP contribution in [0, 0.1) is 24.6 Å². The van der Waals surface area contributed by atoms with Gasteiger partial charge in [-0.15, -0.1) is 11.3 Å². The third-order valence-electron chi connectivity index (χ3n) is 7.91. The number of rotatable bonds is 7. The predicted octanol–water partition coefficient (Wildman–Crippen LogP) is 8.82. The van der Waals surface area contributed by atoms with Crippen LogP contribution in [0.25, 0.3) is 21.2 Å². The Hall–Kier alpha value is -3.03. The lowest BCUT2D eigenvalue weighted by Crippen LogP contribution is -2.41. The number of fused-ring (bicyclic) bond motifs is 1. The number of aromatic nitrogens is 1. The maximum atomic E-state index is 14.7. The van der Waals surface area contributed by atoms with Crippen LogP contribution >= 0.6 is 22.9 Å². The smallest absolute Gasteiger partial charge is 0.266 e. The van der Waals surface area contributed by atoms with Crippen molar-refractivity contribution in [1.82, 2.24) is 9.88 Å². The molecule has 8 heteroatoms. The summed E-state index contributed by atoms with van der Waals surface area (Å²) in [6.45, 7) is 4.37. The zero-order valence-corrected chi connectivity index (χ0v) is 23.8. The van der Waals surface area contributed by atoms with Gasteiger partial charge in [-0.05, 0) is 79.5 Å². The van der Waals surface area contributed by atoms with E-state index < -0.39 is 5.95 Å². The monoisotopic (exact) mass is 568 g/mol. The van der Waals surface area contributed by atoms with Crippen molar-refractivity contribution < 1.29 is 18.3 Å². The highest BCUT2D eigenvalue weighted by Crippen LogP contribution is 2.41. The fourth-order valence-corrected chi connectivity index (χ4v) is 7.26. The number of carbonyl (C=O) groups is 1. The summed E-state index contributed by atoms with van der Waals surface area (Å²) < 4.78 is 34.7. The van der Waals surface area contributed by atoms with Crippen LogP contribution in [0.3, 0.4) is 0 Å². The molecule has 0 N–H and O–H groups in total. The Morgan fingerprint density at radius 2 is 1.85 bits per heavy atom. The molecule has 1 aliphatic rings. The number of methoxy groups -OCH3 is 1. The Kier molecular flexibility index (Phi) is 8.19. The van der Waals surface area contributed by atoms with Gasteiger partial charge in [-0.3, -0.25) is 4.79 Å². The second-order valence-corrected chi connectivity index (χ2v) is 11.6. The first kappa shape index (κ1) is 27.5. The molecule has 0 saturated heterocycles. The third-order valence-corrected chi connectivity index (χ3v) is 9.59. The van der Waals surface area contributed by atoms with Crippen LogP contribution in [0.1, 0.15) is 59.8 Å². The fourth-order valence-electron chi connectivity index (χ4n) is 5.64. The van der Waals surface area contributed by atoms with Gasteiger partial charge in [-0.25, -0.2) is 9.37 Å². The van der Waals surface area contributed by atoms with Gasteiger partial charge in [0, 0.05) is 35.8 Å². The van der Waals surface area contributed by atoms with Gasteiger partial charge in [0.2, 0.25) is 5.95 Å². The number of amides is 1. The first-order valence-electron chi connectivity index (χ1n) is 13.3. The first-order valence-corrected chi connectivity index (χ1v) is 14.5. The molecule has 4 nitrogen and oxygen atoms in total. The number of benzene rings is 2. The van der Waals surface area contributed by atoms with Gasteiger partial charge < -0.3 is 9.64 Å². The molecule has 0 bridgehead atoms. The van der Waals surface area contributed by atoms with Crippen molar-refractivity contribution in [2.45, 2.75) is 58.5 Å². The normalized spacial score (nSPS) is 17.4. The highest BCUT2D eigenvalue weighted by Gasteiger charge is 2.32. The van der Waals surface area contributed by atoms with E-state index in [1.54, 1.807) is 19.2 Å². The molecule has 1 saturated carbocycles. The molecule has 2 aromatic carbocycles. The van der Waals surface area contributed by atoms with E-state index in [4.69, 9.17) is 16.3 Å². The zero-order valence-electron chi connectivity index (χ0n) is 22.3. The molecule has 0 spiro atoms. The molecule has 4 aromatic rings. The number of thiophene rings is 1. The van der Waals surface area contributed by atoms with Crippen molar-refractivity contribution in [3.63, 3.8) is 0 Å². The summed E-state index contributed by atoms with van der Waals surface area (Å²) in [5.74, 6) is 0.147. The number of halogens is 3. The number of ether oxygens (including phenoxy) is 1. The highest BCUT2D eigenvalue weighted by molar-refractivity contribution is 7.21. The third kappa shape index (κ3) is 5.52. The first-order chi connectivity index (χ1) is 18.8. The summed E-state index contributed by atoms with van der Waals surface area (Å²) in [7, 11) is 1.59. The predicted molar refractivity (Wildman–Crippen MR) is 154 cm³/mol. The lowest BCUT2D eigenvalue weighted by Gasteiger charge is -2.37. The molecule has 0 aliphatic heterocycles. The van der Waals surface area contributed by atoms with E-state index in [-0.39, 0.29) is 24.3 Å². The molecule has 1 aliphatic carbocycles. The van der Waals surface area contributed by atoms with Crippen LogP contribution in [0.2, 0.25) is 5.02 Å². The number of nitrogens with zero attached hydrogens (tertiary/aromatic N) is 2. The van der Waals surface area contributed by atoms with Crippen molar-refractivity contribution in [2.75, 3.05) is 7.11 Å². The van der Waals surface area contributed by atoms with E-state index in [0.717, 1.165) is 60.1 Å². The Bertz CT molecular complexity index is 1510. The van der Waals surface area contributed by atoms with Crippen LogP contribution in [0.5, 0.6) is 5.75 Å². The quantitative estimate of drug-likeness (QED) is 0.209. The Morgan fingerprint density at radius 3 is 2.51 bits per heavy atom. The molecule has 1 amide bonds. The maximum Gasteiger partial charge on any atom is 0.266 e. The number of pyridine rings is 1. The fraction of sp³-hybridized carbons (Fsp3) is 0.355. The Labute approximate surface area is 236 Å². The van der Waals surface area contributed by atoms with Crippen molar-refractivity contribution in [3.05, 3.63) is 81.5 Å². The number of aryl methyl sites for hydroxylation is 1. The van der Waals surface area contributed by atoms with Crippen molar-refractivity contribution in [3.8, 4) is 16.9 Å². The Morgan fingerprint density at radius 1 is 1.10 bits per heavy atom. The van der Waals surface area contributed by atoms with Crippen LogP contribution < -0.4 is 4.74 Å². The maximum absolute atomic E-state index is 14.7. The summed E-state index contributed by atoms with van der Waals surface area (Å²) >= 11 is 7.88. The van der Waals surface area contributed by atoms with Gasteiger partial charge in [-0.2, -0.15) is 4.39 Å². The van der Waals surface area contributed by atoms with E-state index in [1.807, 2.05) is 30.0 Å². The summed E-state index contributed by atoms with van der Waals surface area (Å²) in [4.78, 5) is 20.1. The molecule has 1 fully saturated rings. The summed E-state index contributed by atoms with van der Waals surface area (Å²) in [5, 5.41) is 0.899.